The summed E-state index contributed by atoms with van der Waals surface area (Å²) < 4.78 is 5.77. The van der Waals surface area contributed by atoms with Crippen LogP contribution in [0, 0.1) is 11.8 Å². The van der Waals surface area contributed by atoms with Crippen molar-refractivity contribution in [3.05, 3.63) is 0 Å². The zero-order chi connectivity index (χ0) is 11.6. The molecule has 1 saturated carbocycles. The highest BCUT2D eigenvalue weighted by Crippen LogP contribution is 2.35. The van der Waals surface area contributed by atoms with Gasteiger partial charge >= 0.3 is 0 Å². The second kappa shape index (κ2) is 4.87. The third-order valence-corrected chi connectivity index (χ3v) is 4.30. The average Bonchev–Trinajstić information content (AvgIpc) is 2.29. The minimum atomic E-state index is -0.458. The molecule has 0 bridgehead atoms. The van der Waals surface area contributed by atoms with Crippen molar-refractivity contribution in [3.8, 4) is 0 Å². The summed E-state index contributed by atoms with van der Waals surface area (Å²) in [5.74, 6) is 1.38. The summed E-state index contributed by atoms with van der Waals surface area (Å²) in [6.07, 6.45) is 7.86. The first-order valence-corrected chi connectivity index (χ1v) is 6.80. The van der Waals surface area contributed by atoms with Gasteiger partial charge < -0.3 is 4.74 Å². The number of ketones is 1. The van der Waals surface area contributed by atoms with Crippen molar-refractivity contribution in [1.82, 2.24) is 0 Å². The molecule has 16 heavy (non-hydrogen) atoms. The highest BCUT2D eigenvalue weighted by atomic mass is 16.5. The maximum absolute atomic E-state index is 12.5. The minimum absolute atomic E-state index is 0.270. The molecule has 1 saturated heterocycles. The summed E-state index contributed by atoms with van der Waals surface area (Å²) in [4.78, 5) is 12.5. The van der Waals surface area contributed by atoms with Gasteiger partial charge in [-0.25, -0.2) is 0 Å². The van der Waals surface area contributed by atoms with E-state index in [4.69, 9.17) is 4.74 Å². The van der Waals surface area contributed by atoms with E-state index in [2.05, 4.69) is 6.92 Å². The summed E-state index contributed by atoms with van der Waals surface area (Å²) in [6.45, 7) is 5.04. The fourth-order valence-corrected chi connectivity index (χ4v) is 3.23. The predicted octanol–water partition coefficient (Wildman–Crippen LogP) is 3.34. The molecule has 0 N–H and O–H groups in total. The summed E-state index contributed by atoms with van der Waals surface area (Å²) in [6, 6.07) is 0. The van der Waals surface area contributed by atoms with E-state index < -0.39 is 5.60 Å². The van der Waals surface area contributed by atoms with Crippen molar-refractivity contribution in [3.63, 3.8) is 0 Å². The van der Waals surface area contributed by atoms with Gasteiger partial charge in [0, 0.05) is 12.5 Å². The first-order chi connectivity index (χ1) is 7.62. The van der Waals surface area contributed by atoms with Gasteiger partial charge in [-0.3, -0.25) is 4.79 Å². The fraction of sp³-hybridized carbons (Fsp3) is 0.929. The Balaban J connectivity index is 1.99. The number of carbonyl (C=O) groups is 1. The van der Waals surface area contributed by atoms with Gasteiger partial charge in [-0.05, 0) is 44.9 Å². The molecule has 0 aromatic rings. The van der Waals surface area contributed by atoms with E-state index in [1.807, 2.05) is 6.92 Å². The molecule has 3 unspecified atom stereocenters. The van der Waals surface area contributed by atoms with E-state index in [1.165, 1.54) is 12.8 Å². The quantitative estimate of drug-likeness (QED) is 0.719. The van der Waals surface area contributed by atoms with Gasteiger partial charge in [0.2, 0.25) is 0 Å². The van der Waals surface area contributed by atoms with Crippen molar-refractivity contribution in [2.45, 2.75) is 64.4 Å². The molecule has 1 aliphatic carbocycles. The summed E-state index contributed by atoms with van der Waals surface area (Å²) in [5.41, 5.74) is -0.458. The molecular weight excluding hydrogens is 200 g/mol. The normalized spacial score (nSPS) is 40.6. The number of rotatable bonds is 2. The second-order valence-electron chi connectivity index (χ2n) is 5.87. The highest BCUT2D eigenvalue weighted by molar-refractivity contribution is 5.89. The Kier molecular flexibility index (Phi) is 3.68. The molecule has 0 aromatic carbocycles. The van der Waals surface area contributed by atoms with E-state index in [0.717, 1.165) is 44.6 Å². The fourth-order valence-electron chi connectivity index (χ4n) is 3.23. The highest BCUT2D eigenvalue weighted by Gasteiger charge is 2.40. The van der Waals surface area contributed by atoms with Crippen LogP contribution >= 0.6 is 0 Å². The van der Waals surface area contributed by atoms with Gasteiger partial charge in [-0.2, -0.15) is 0 Å². The maximum atomic E-state index is 12.5. The van der Waals surface area contributed by atoms with Crippen molar-refractivity contribution >= 4 is 5.78 Å². The monoisotopic (exact) mass is 224 g/mol. The second-order valence-corrected chi connectivity index (χ2v) is 5.87. The average molecular weight is 224 g/mol. The molecule has 2 heteroatoms. The number of hydrogen-bond acceptors (Lipinski definition) is 2. The lowest BCUT2D eigenvalue weighted by Gasteiger charge is -2.37. The van der Waals surface area contributed by atoms with Crippen molar-refractivity contribution < 1.29 is 9.53 Å². The third kappa shape index (κ3) is 2.48. The van der Waals surface area contributed by atoms with Gasteiger partial charge in [0.05, 0.1) is 0 Å². The maximum Gasteiger partial charge on any atom is 0.167 e. The molecule has 92 valence electrons. The lowest BCUT2D eigenvalue weighted by atomic mass is 9.74. The molecule has 2 nitrogen and oxygen atoms in total. The number of ether oxygens (including phenoxy) is 1. The van der Waals surface area contributed by atoms with E-state index in [9.17, 15) is 4.79 Å². The van der Waals surface area contributed by atoms with Crippen LogP contribution in [0.3, 0.4) is 0 Å². The van der Waals surface area contributed by atoms with Crippen molar-refractivity contribution in [1.29, 1.82) is 0 Å². The van der Waals surface area contributed by atoms with Gasteiger partial charge in [-0.15, -0.1) is 0 Å². The molecule has 1 aliphatic heterocycles. The predicted molar refractivity (Wildman–Crippen MR) is 64.3 cm³/mol. The topological polar surface area (TPSA) is 26.3 Å². The molecule has 2 rings (SSSR count). The Hall–Kier alpha value is -0.370. The van der Waals surface area contributed by atoms with Crippen molar-refractivity contribution in [2.24, 2.45) is 11.8 Å². The summed E-state index contributed by atoms with van der Waals surface area (Å²) >= 11 is 0. The van der Waals surface area contributed by atoms with Crippen LogP contribution in [0.25, 0.3) is 0 Å². The van der Waals surface area contributed by atoms with E-state index in [1.54, 1.807) is 0 Å². The van der Waals surface area contributed by atoms with Crippen LogP contribution in [0.4, 0.5) is 0 Å². The molecule has 1 heterocycles. The first-order valence-electron chi connectivity index (χ1n) is 6.80. The van der Waals surface area contributed by atoms with E-state index in [0.29, 0.717) is 5.78 Å². The first kappa shape index (κ1) is 12.1. The molecule has 0 spiro atoms. The van der Waals surface area contributed by atoms with Gasteiger partial charge in [-0.1, -0.05) is 19.8 Å². The third-order valence-electron chi connectivity index (χ3n) is 4.30. The standard InChI is InChI=1S/C14H24O2/c1-11-6-5-7-12(10-11)13(15)14(2)8-3-4-9-16-14/h11-12H,3-10H2,1-2H3. The Bertz CT molecular complexity index is 253. The molecule has 2 fully saturated rings. The van der Waals surface area contributed by atoms with Crippen LogP contribution in [0.15, 0.2) is 0 Å². The molecule has 2 aliphatic rings. The molecule has 3 atom stereocenters. The Labute approximate surface area is 98.7 Å². The summed E-state index contributed by atoms with van der Waals surface area (Å²) in [5, 5.41) is 0. The van der Waals surface area contributed by atoms with Gasteiger partial charge in [0.15, 0.2) is 5.78 Å². The molecule has 0 aromatic heterocycles. The van der Waals surface area contributed by atoms with E-state index in [-0.39, 0.29) is 5.92 Å². The Morgan fingerprint density at radius 1 is 1.25 bits per heavy atom. The summed E-state index contributed by atoms with van der Waals surface area (Å²) in [7, 11) is 0. The lowest BCUT2D eigenvalue weighted by Crippen LogP contribution is -2.45. The Morgan fingerprint density at radius 3 is 2.69 bits per heavy atom. The van der Waals surface area contributed by atoms with Crippen LogP contribution < -0.4 is 0 Å². The van der Waals surface area contributed by atoms with Crippen molar-refractivity contribution in [2.75, 3.05) is 6.61 Å². The lowest BCUT2D eigenvalue weighted by molar-refractivity contribution is -0.153. The van der Waals surface area contributed by atoms with Crippen LogP contribution in [0.5, 0.6) is 0 Å². The smallest absolute Gasteiger partial charge is 0.167 e. The van der Waals surface area contributed by atoms with Crippen LogP contribution in [-0.2, 0) is 9.53 Å². The Morgan fingerprint density at radius 2 is 2.06 bits per heavy atom. The SMILES string of the molecule is CC1CCCC(C(=O)C2(C)CCCCO2)C1. The van der Waals surface area contributed by atoms with Crippen LogP contribution in [-0.4, -0.2) is 18.0 Å². The van der Waals surface area contributed by atoms with Crippen LogP contribution in [0.2, 0.25) is 0 Å². The molecular formula is C14H24O2. The van der Waals surface area contributed by atoms with Gasteiger partial charge in [0.1, 0.15) is 5.60 Å². The largest absolute Gasteiger partial charge is 0.367 e. The number of Topliss-reactive ketones (excluding diaryl/α,β-unsaturated/α-hetero) is 1. The minimum Gasteiger partial charge on any atom is -0.367 e. The molecule has 0 amide bonds. The van der Waals surface area contributed by atoms with Crippen LogP contribution in [0.1, 0.15) is 58.8 Å². The van der Waals surface area contributed by atoms with Gasteiger partial charge in [0.25, 0.3) is 0 Å². The van der Waals surface area contributed by atoms with E-state index >= 15 is 0 Å². The zero-order valence-corrected chi connectivity index (χ0v) is 10.6. The molecule has 0 radical (unpaired) electrons. The number of hydrogen-bond donors (Lipinski definition) is 0. The number of carbonyl (C=O) groups excluding carboxylic acids is 1. The zero-order valence-electron chi connectivity index (χ0n) is 10.6.